The zero-order chi connectivity index (χ0) is 12.7. The van der Waals surface area contributed by atoms with Crippen molar-refractivity contribution >= 4 is 5.91 Å². The van der Waals surface area contributed by atoms with Crippen molar-refractivity contribution in [2.24, 2.45) is 0 Å². The number of benzene rings is 1. The lowest BCUT2D eigenvalue weighted by atomic mass is 10.1. The molecule has 1 amide bonds. The third kappa shape index (κ3) is 4.43. The van der Waals surface area contributed by atoms with Crippen LogP contribution < -0.4 is 10.1 Å². The van der Waals surface area contributed by atoms with Crippen LogP contribution in [0.15, 0.2) is 18.2 Å². The SMILES string of the molecule is CCCCNC(=O)Cc1ccc(OC)c(F)c1. The van der Waals surface area contributed by atoms with Gasteiger partial charge in [-0.25, -0.2) is 4.39 Å². The van der Waals surface area contributed by atoms with Gasteiger partial charge in [-0.2, -0.15) is 0 Å². The molecule has 3 nitrogen and oxygen atoms in total. The van der Waals surface area contributed by atoms with Crippen molar-refractivity contribution in [2.75, 3.05) is 13.7 Å². The molecule has 1 rings (SSSR count). The molecule has 0 atom stereocenters. The van der Waals surface area contributed by atoms with Crippen molar-refractivity contribution < 1.29 is 13.9 Å². The van der Waals surface area contributed by atoms with Gasteiger partial charge in [0.15, 0.2) is 11.6 Å². The smallest absolute Gasteiger partial charge is 0.224 e. The lowest BCUT2D eigenvalue weighted by molar-refractivity contribution is -0.120. The van der Waals surface area contributed by atoms with Crippen molar-refractivity contribution in [1.82, 2.24) is 5.32 Å². The number of amides is 1. The van der Waals surface area contributed by atoms with Gasteiger partial charge in [0.2, 0.25) is 5.91 Å². The largest absolute Gasteiger partial charge is 0.494 e. The number of carbonyl (C=O) groups excluding carboxylic acids is 1. The number of nitrogens with one attached hydrogen (secondary N) is 1. The van der Waals surface area contributed by atoms with Gasteiger partial charge in [-0.1, -0.05) is 19.4 Å². The first kappa shape index (κ1) is 13.5. The Morgan fingerprint density at radius 2 is 2.24 bits per heavy atom. The van der Waals surface area contributed by atoms with Gasteiger partial charge >= 0.3 is 0 Å². The van der Waals surface area contributed by atoms with Gasteiger partial charge < -0.3 is 10.1 Å². The minimum Gasteiger partial charge on any atom is -0.494 e. The molecular formula is C13H18FNO2. The summed E-state index contributed by atoms with van der Waals surface area (Å²) in [6, 6.07) is 4.56. The molecule has 94 valence electrons. The second-order valence-corrected chi connectivity index (χ2v) is 3.85. The molecule has 0 bridgehead atoms. The fourth-order valence-corrected chi connectivity index (χ4v) is 1.47. The normalized spacial score (nSPS) is 10.1. The fraction of sp³-hybridized carbons (Fsp3) is 0.462. The zero-order valence-electron chi connectivity index (χ0n) is 10.3. The van der Waals surface area contributed by atoms with Crippen LogP contribution in [0.2, 0.25) is 0 Å². The van der Waals surface area contributed by atoms with Gasteiger partial charge in [0, 0.05) is 6.54 Å². The van der Waals surface area contributed by atoms with Crippen LogP contribution in [0, 0.1) is 5.82 Å². The number of hydrogen-bond donors (Lipinski definition) is 1. The van der Waals surface area contributed by atoms with Gasteiger partial charge in [-0.05, 0) is 24.1 Å². The standard InChI is InChI=1S/C13H18FNO2/c1-3-4-7-15-13(16)9-10-5-6-12(17-2)11(14)8-10/h5-6,8H,3-4,7,9H2,1-2H3,(H,15,16). The van der Waals surface area contributed by atoms with Crippen molar-refractivity contribution in [3.63, 3.8) is 0 Å². The topological polar surface area (TPSA) is 38.3 Å². The highest BCUT2D eigenvalue weighted by atomic mass is 19.1. The van der Waals surface area contributed by atoms with Crippen LogP contribution in [0.1, 0.15) is 25.3 Å². The molecule has 0 unspecified atom stereocenters. The van der Waals surface area contributed by atoms with Gasteiger partial charge in [-0.3, -0.25) is 4.79 Å². The average molecular weight is 239 g/mol. The third-order valence-electron chi connectivity index (χ3n) is 2.43. The van der Waals surface area contributed by atoms with E-state index in [0.717, 1.165) is 12.8 Å². The first-order chi connectivity index (χ1) is 8.17. The molecule has 0 heterocycles. The monoisotopic (exact) mass is 239 g/mol. The van der Waals surface area contributed by atoms with E-state index >= 15 is 0 Å². The van der Waals surface area contributed by atoms with E-state index < -0.39 is 5.82 Å². The predicted octanol–water partition coefficient (Wildman–Crippen LogP) is 2.29. The van der Waals surface area contributed by atoms with E-state index in [1.54, 1.807) is 6.07 Å². The molecule has 0 aromatic heterocycles. The summed E-state index contributed by atoms with van der Waals surface area (Å²) in [5, 5.41) is 2.79. The van der Waals surface area contributed by atoms with Gasteiger partial charge in [0.1, 0.15) is 0 Å². The maximum atomic E-state index is 13.4. The molecule has 17 heavy (non-hydrogen) atoms. The summed E-state index contributed by atoms with van der Waals surface area (Å²) in [6.07, 6.45) is 2.20. The Bertz CT molecular complexity index is 380. The van der Waals surface area contributed by atoms with E-state index in [4.69, 9.17) is 4.74 Å². The maximum absolute atomic E-state index is 13.4. The van der Waals surface area contributed by atoms with E-state index in [9.17, 15) is 9.18 Å². The third-order valence-corrected chi connectivity index (χ3v) is 2.43. The quantitative estimate of drug-likeness (QED) is 0.773. The zero-order valence-corrected chi connectivity index (χ0v) is 10.3. The summed E-state index contributed by atoms with van der Waals surface area (Å²) in [4.78, 5) is 11.5. The van der Waals surface area contributed by atoms with Crippen LogP contribution >= 0.6 is 0 Å². The Kier molecular flexibility index (Phi) is 5.46. The molecule has 1 N–H and O–H groups in total. The molecule has 0 spiro atoms. The molecule has 4 heteroatoms. The van der Waals surface area contributed by atoms with E-state index in [2.05, 4.69) is 12.2 Å². The highest BCUT2D eigenvalue weighted by Crippen LogP contribution is 2.17. The molecule has 0 aliphatic rings. The van der Waals surface area contributed by atoms with Crippen LogP contribution in [0.3, 0.4) is 0 Å². The molecule has 0 aliphatic carbocycles. The second-order valence-electron chi connectivity index (χ2n) is 3.85. The predicted molar refractivity (Wildman–Crippen MR) is 64.6 cm³/mol. The van der Waals surface area contributed by atoms with E-state index in [1.807, 2.05) is 0 Å². The van der Waals surface area contributed by atoms with E-state index in [0.29, 0.717) is 12.1 Å². The number of carbonyl (C=O) groups is 1. The summed E-state index contributed by atoms with van der Waals surface area (Å²) in [6.45, 7) is 2.74. The van der Waals surface area contributed by atoms with Crippen molar-refractivity contribution in [2.45, 2.75) is 26.2 Å². The van der Waals surface area contributed by atoms with Crippen molar-refractivity contribution in [3.05, 3.63) is 29.6 Å². The van der Waals surface area contributed by atoms with Crippen LogP contribution in [0.5, 0.6) is 5.75 Å². The number of rotatable bonds is 6. The Labute approximate surface area is 101 Å². The van der Waals surface area contributed by atoms with Crippen LogP contribution in [-0.4, -0.2) is 19.6 Å². The average Bonchev–Trinajstić information content (AvgIpc) is 2.29. The Morgan fingerprint density at radius 3 is 2.82 bits per heavy atom. The number of methoxy groups -OCH3 is 1. The van der Waals surface area contributed by atoms with Gasteiger partial charge in [0.05, 0.1) is 13.5 Å². The maximum Gasteiger partial charge on any atom is 0.224 e. The molecular weight excluding hydrogens is 221 g/mol. The van der Waals surface area contributed by atoms with Crippen molar-refractivity contribution in [1.29, 1.82) is 0 Å². The first-order valence-electron chi connectivity index (χ1n) is 5.76. The Balaban J connectivity index is 2.51. The molecule has 0 saturated carbocycles. The summed E-state index contributed by atoms with van der Waals surface area (Å²) in [7, 11) is 1.41. The summed E-state index contributed by atoms with van der Waals surface area (Å²) in [5.41, 5.74) is 0.650. The molecule has 0 saturated heterocycles. The number of hydrogen-bond acceptors (Lipinski definition) is 2. The lowest BCUT2D eigenvalue weighted by Gasteiger charge is -2.06. The Morgan fingerprint density at radius 1 is 1.47 bits per heavy atom. The van der Waals surface area contributed by atoms with Crippen LogP contribution in [-0.2, 0) is 11.2 Å². The highest BCUT2D eigenvalue weighted by molar-refractivity contribution is 5.78. The lowest BCUT2D eigenvalue weighted by Crippen LogP contribution is -2.25. The first-order valence-corrected chi connectivity index (χ1v) is 5.76. The van der Waals surface area contributed by atoms with Crippen LogP contribution in [0.25, 0.3) is 0 Å². The molecule has 0 radical (unpaired) electrons. The Hall–Kier alpha value is -1.58. The molecule has 1 aromatic rings. The molecule has 0 fully saturated rings. The second kappa shape index (κ2) is 6.89. The molecule has 1 aromatic carbocycles. The minimum atomic E-state index is -0.439. The fourth-order valence-electron chi connectivity index (χ4n) is 1.47. The van der Waals surface area contributed by atoms with Crippen molar-refractivity contribution in [3.8, 4) is 5.75 Å². The summed E-state index contributed by atoms with van der Waals surface area (Å²) >= 11 is 0. The summed E-state index contributed by atoms with van der Waals surface area (Å²) in [5.74, 6) is -0.325. The number of halogens is 1. The molecule has 0 aliphatic heterocycles. The minimum absolute atomic E-state index is 0.0805. The number of ether oxygens (including phenoxy) is 1. The van der Waals surface area contributed by atoms with E-state index in [-0.39, 0.29) is 18.1 Å². The number of unbranched alkanes of at least 4 members (excludes halogenated alkanes) is 1. The van der Waals surface area contributed by atoms with Gasteiger partial charge in [-0.15, -0.1) is 0 Å². The van der Waals surface area contributed by atoms with Crippen LogP contribution in [0.4, 0.5) is 4.39 Å². The van der Waals surface area contributed by atoms with E-state index in [1.165, 1.54) is 19.2 Å². The van der Waals surface area contributed by atoms with Gasteiger partial charge in [0.25, 0.3) is 0 Å². The highest BCUT2D eigenvalue weighted by Gasteiger charge is 2.07. The summed E-state index contributed by atoms with van der Waals surface area (Å²) < 4.78 is 18.2.